The molecule has 1 saturated heterocycles. The SMILES string of the molecule is CC(=O)OCC1OC(OC(C)=O)C(NC(=O)OCC(Cl)(Cl)Cl)C(C)C1C. The molecule has 0 radical (unpaired) electrons. The lowest BCUT2D eigenvalue weighted by atomic mass is 9.82. The Hall–Kier alpha value is -0.960. The molecule has 1 aliphatic rings. The van der Waals surface area contributed by atoms with Crippen molar-refractivity contribution in [1.82, 2.24) is 5.32 Å². The first-order chi connectivity index (χ1) is 11.9. The van der Waals surface area contributed by atoms with Gasteiger partial charge in [-0.15, -0.1) is 0 Å². The van der Waals surface area contributed by atoms with E-state index in [2.05, 4.69) is 5.32 Å². The first-order valence-corrected chi connectivity index (χ1v) is 9.00. The van der Waals surface area contributed by atoms with Crippen LogP contribution in [0.25, 0.3) is 0 Å². The van der Waals surface area contributed by atoms with Gasteiger partial charge in [-0.05, 0) is 11.8 Å². The van der Waals surface area contributed by atoms with E-state index in [9.17, 15) is 14.4 Å². The summed E-state index contributed by atoms with van der Waals surface area (Å²) in [6, 6.07) is -0.703. The van der Waals surface area contributed by atoms with Crippen LogP contribution in [0, 0.1) is 11.8 Å². The number of rotatable bonds is 5. The molecule has 1 amide bonds. The molecule has 0 aliphatic carbocycles. The highest BCUT2D eigenvalue weighted by Gasteiger charge is 2.44. The van der Waals surface area contributed by atoms with Crippen molar-refractivity contribution in [3.8, 4) is 0 Å². The summed E-state index contributed by atoms with van der Waals surface area (Å²) in [7, 11) is 0. The maximum atomic E-state index is 12.0. The van der Waals surface area contributed by atoms with Crippen molar-refractivity contribution in [3.63, 3.8) is 0 Å². The third kappa shape index (κ3) is 7.73. The molecule has 1 heterocycles. The zero-order chi connectivity index (χ0) is 20.1. The minimum atomic E-state index is -1.75. The smallest absolute Gasteiger partial charge is 0.407 e. The molecule has 0 aromatic rings. The number of nitrogens with one attached hydrogen (secondary N) is 1. The number of alkyl halides is 3. The Morgan fingerprint density at radius 1 is 1.04 bits per heavy atom. The number of alkyl carbamates (subject to hydrolysis) is 1. The predicted molar refractivity (Wildman–Crippen MR) is 93.9 cm³/mol. The van der Waals surface area contributed by atoms with E-state index in [1.807, 2.05) is 13.8 Å². The predicted octanol–water partition coefficient (Wildman–Crippen LogP) is 2.57. The standard InChI is InChI=1S/C15H22Cl3NO7/c1-7-8(2)12(19-14(22)24-6-15(16,17)18)13(25-10(4)21)26-11(7)5-23-9(3)20/h7-8,11-13H,5-6H2,1-4H3,(H,19,22). The van der Waals surface area contributed by atoms with Crippen LogP contribution in [0.1, 0.15) is 27.7 Å². The summed E-state index contributed by atoms with van der Waals surface area (Å²) >= 11 is 16.6. The molecule has 1 N–H and O–H groups in total. The zero-order valence-electron chi connectivity index (χ0n) is 14.8. The molecule has 0 bridgehead atoms. The lowest BCUT2D eigenvalue weighted by Crippen LogP contribution is -2.59. The van der Waals surface area contributed by atoms with E-state index in [1.54, 1.807) is 0 Å². The lowest BCUT2D eigenvalue weighted by Gasteiger charge is -2.43. The molecule has 8 nitrogen and oxygen atoms in total. The summed E-state index contributed by atoms with van der Waals surface area (Å²) in [6.45, 7) is 5.75. The number of carbonyl (C=O) groups excluding carboxylic acids is 3. The number of hydrogen-bond acceptors (Lipinski definition) is 7. The summed E-state index contributed by atoms with van der Waals surface area (Å²) in [5, 5.41) is 2.57. The average molecular weight is 435 g/mol. The normalized spacial score (nSPS) is 28.8. The Morgan fingerprint density at radius 3 is 2.15 bits per heavy atom. The monoisotopic (exact) mass is 433 g/mol. The average Bonchev–Trinajstić information content (AvgIpc) is 2.49. The van der Waals surface area contributed by atoms with Gasteiger partial charge in [-0.25, -0.2) is 4.79 Å². The fourth-order valence-corrected chi connectivity index (χ4v) is 2.64. The number of esters is 2. The van der Waals surface area contributed by atoms with Crippen LogP contribution in [-0.4, -0.2) is 53.5 Å². The van der Waals surface area contributed by atoms with E-state index < -0.39 is 46.9 Å². The summed E-state index contributed by atoms with van der Waals surface area (Å²) in [4.78, 5) is 34.4. The number of halogens is 3. The zero-order valence-corrected chi connectivity index (χ0v) is 17.1. The summed E-state index contributed by atoms with van der Waals surface area (Å²) in [6.07, 6.45) is -2.44. The van der Waals surface area contributed by atoms with Gasteiger partial charge in [-0.2, -0.15) is 0 Å². The van der Waals surface area contributed by atoms with Crippen molar-refractivity contribution in [2.45, 2.75) is 49.9 Å². The Balaban J connectivity index is 2.81. The van der Waals surface area contributed by atoms with Crippen molar-refractivity contribution < 1.29 is 33.3 Å². The molecule has 150 valence electrons. The second-order valence-corrected chi connectivity index (χ2v) is 8.55. The van der Waals surface area contributed by atoms with E-state index in [0.29, 0.717) is 0 Å². The fourth-order valence-electron chi connectivity index (χ4n) is 2.47. The summed E-state index contributed by atoms with van der Waals surface area (Å²) in [5.41, 5.74) is 0. The molecule has 0 spiro atoms. The van der Waals surface area contributed by atoms with Gasteiger partial charge in [-0.1, -0.05) is 48.7 Å². The molecule has 1 fully saturated rings. The largest absolute Gasteiger partial charge is 0.463 e. The van der Waals surface area contributed by atoms with Crippen LogP contribution in [0.15, 0.2) is 0 Å². The molecule has 0 aromatic carbocycles. The van der Waals surface area contributed by atoms with Gasteiger partial charge >= 0.3 is 18.0 Å². The second-order valence-electron chi connectivity index (χ2n) is 6.03. The highest BCUT2D eigenvalue weighted by Crippen LogP contribution is 2.32. The molecule has 5 atom stereocenters. The van der Waals surface area contributed by atoms with Crippen molar-refractivity contribution >= 4 is 52.8 Å². The lowest BCUT2D eigenvalue weighted by molar-refractivity contribution is -0.238. The second kappa shape index (κ2) is 9.82. The number of ether oxygens (including phenoxy) is 4. The maximum absolute atomic E-state index is 12.0. The van der Waals surface area contributed by atoms with Gasteiger partial charge in [0.05, 0.1) is 12.1 Å². The Morgan fingerprint density at radius 2 is 1.65 bits per heavy atom. The number of hydrogen-bond donors (Lipinski definition) is 1. The number of amides is 1. The van der Waals surface area contributed by atoms with Crippen LogP contribution >= 0.6 is 34.8 Å². The maximum Gasteiger partial charge on any atom is 0.407 e. The van der Waals surface area contributed by atoms with Crippen LogP contribution in [-0.2, 0) is 28.5 Å². The minimum Gasteiger partial charge on any atom is -0.463 e. The Kier molecular flexibility index (Phi) is 8.72. The van der Waals surface area contributed by atoms with Crippen molar-refractivity contribution in [2.24, 2.45) is 11.8 Å². The minimum absolute atomic E-state index is 0.00301. The molecule has 0 saturated carbocycles. The van der Waals surface area contributed by atoms with E-state index >= 15 is 0 Å². The van der Waals surface area contributed by atoms with Gasteiger partial charge in [0.15, 0.2) is 0 Å². The van der Waals surface area contributed by atoms with E-state index in [-0.39, 0.29) is 18.4 Å². The molecule has 11 heteroatoms. The van der Waals surface area contributed by atoms with Gasteiger partial charge in [0.2, 0.25) is 10.1 Å². The quantitative estimate of drug-likeness (QED) is 0.403. The van der Waals surface area contributed by atoms with Gasteiger partial charge in [0.25, 0.3) is 0 Å². The Bertz CT molecular complexity index is 526. The topological polar surface area (TPSA) is 100 Å². The molecule has 5 unspecified atom stereocenters. The van der Waals surface area contributed by atoms with E-state index in [1.165, 1.54) is 13.8 Å². The van der Waals surface area contributed by atoms with Gasteiger partial charge in [0, 0.05) is 13.8 Å². The Labute approximate surface area is 166 Å². The summed E-state index contributed by atoms with van der Waals surface area (Å²) < 4.78 is 19.0. The third-order valence-corrected chi connectivity index (χ3v) is 4.30. The first-order valence-electron chi connectivity index (χ1n) is 7.86. The highest BCUT2D eigenvalue weighted by molar-refractivity contribution is 6.67. The number of carbonyl (C=O) groups is 3. The van der Waals surface area contributed by atoms with Crippen LogP contribution in [0.2, 0.25) is 0 Å². The van der Waals surface area contributed by atoms with Crippen LogP contribution in [0.3, 0.4) is 0 Å². The highest BCUT2D eigenvalue weighted by atomic mass is 35.6. The van der Waals surface area contributed by atoms with Gasteiger partial charge < -0.3 is 24.3 Å². The first kappa shape index (κ1) is 23.1. The molecule has 1 aliphatic heterocycles. The van der Waals surface area contributed by atoms with Crippen LogP contribution < -0.4 is 5.32 Å². The third-order valence-electron chi connectivity index (χ3n) is 3.97. The molecule has 26 heavy (non-hydrogen) atoms. The molecule has 0 aromatic heterocycles. The van der Waals surface area contributed by atoms with Crippen molar-refractivity contribution in [2.75, 3.05) is 13.2 Å². The van der Waals surface area contributed by atoms with Gasteiger partial charge in [0.1, 0.15) is 13.2 Å². The van der Waals surface area contributed by atoms with E-state index in [0.717, 1.165) is 0 Å². The molecular weight excluding hydrogens is 413 g/mol. The molecule has 1 rings (SSSR count). The van der Waals surface area contributed by atoms with Crippen LogP contribution in [0.5, 0.6) is 0 Å². The van der Waals surface area contributed by atoms with Gasteiger partial charge in [-0.3, -0.25) is 9.59 Å². The summed E-state index contributed by atoms with van der Waals surface area (Å²) in [5.74, 6) is -1.37. The van der Waals surface area contributed by atoms with Crippen LogP contribution in [0.4, 0.5) is 4.79 Å². The van der Waals surface area contributed by atoms with Crippen molar-refractivity contribution in [1.29, 1.82) is 0 Å². The van der Waals surface area contributed by atoms with Crippen molar-refractivity contribution in [3.05, 3.63) is 0 Å². The fraction of sp³-hybridized carbons (Fsp3) is 0.800. The molecular formula is C15H22Cl3NO7. The van der Waals surface area contributed by atoms with E-state index in [4.69, 9.17) is 53.8 Å².